The fourth-order valence-corrected chi connectivity index (χ4v) is 3.29. The monoisotopic (exact) mass is 357 g/mol. The Bertz CT molecular complexity index is 680. The summed E-state index contributed by atoms with van der Waals surface area (Å²) in [5.74, 6) is -0.430. The SMILES string of the molecule is O=C(CN1C[C@@H](O)C[C@@H]1c1cccc(C(F)(F)F)c1)N1CCNC1=O. The molecular weight excluding hydrogens is 339 g/mol. The molecular formula is C16H18F3N3O3. The zero-order valence-electron chi connectivity index (χ0n) is 13.3. The van der Waals surface area contributed by atoms with Gasteiger partial charge < -0.3 is 10.4 Å². The average Bonchev–Trinajstić information content (AvgIpc) is 3.12. The minimum Gasteiger partial charge on any atom is -0.392 e. The van der Waals surface area contributed by atoms with Crippen molar-refractivity contribution in [2.75, 3.05) is 26.2 Å². The lowest BCUT2D eigenvalue weighted by Crippen LogP contribution is -2.42. The maximum absolute atomic E-state index is 12.9. The number of benzene rings is 1. The van der Waals surface area contributed by atoms with Gasteiger partial charge in [0.2, 0.25) is 5.91 Å². The minimum atomic E-state index is -4.46. The van der Waals surface area contributed by atoms with E-state index in [0.29, 0.717) is 12.1 Å². The maximum atomic E-state index is 12.9. The number of nitrogens with zero attached hydrogens (tertiary/aromatic N) is 2. The fourth-order valence-electron chi connectivity index (χ4n) is 3.29. The number of hydrogen-bond acceptors (Lipinski definition) is 4. The van der Waals surface area contributed by atoms with Gasteiger partial charge in [-0.1, -0.05) is 12.1 Å². The Hall–Kier alpha value is -2.13. The molecule has 0 aliphatic carbocycles. The van der Waals surface area contributed by atoms with Crippen LogP contribution in [0.2, 0.25) is 0 Å². The summed E-state index contributed by atoms with van der Waals surface area (Å²) in [5.41, 5.74) is -0.373. The lowest BCUT2D eigenvalue weighted by molar-refractivity contribution is -0.137. The topological polar surface area (TPSA) is 72.9 Å². The lowest BCUT2D eigenvalue weighted by Gasteiger charge is -2.26. The molecule has 9 heteroatoms. The summed E-state index contributed by atoms with van der Waals surface area (Å²) in [6.07, 6.45) is -4.96. The highest BCUT2D eigenvalue weighted by molar-refractivity contribution is 5.96. The second kappa shape index (κ2) is 6.64. The molecule has 2 heterocycles. The molecule has 6 nitrogen and oxygen atoms in total. The molecule has 1 aromatic rings. The van der Waals surface area contributed by atoms with Crippen molar-refractivity contribution >= 4 is 11.9 Å². The number of β-amino-alcohol motifs (C(OH)–C–C–N with tert-alkyl or cyclic N) is 1. The van der Waals surface area contributed by atoms with Gasteiger partial charge in [0, 0.05) is 25.7 Å². The summed E-state index contributed by atoms with van der Waals surface area (Å²) in [6, 6.07) is 3.92. The minimum absolute atomic E-state index is 0.134. The molecule has 3 amide bonds. The first kappa shape index (κ1) is 17.7. The first-order valence-corrected chi connectivity index (χ1v) is 7.93. The van der Waals surface area contributed by atoms with Crippen molar-refractivity contribution in [2.24, 2.45) is 0 Å². The number of carbonyl (C=O) groups excluding carboxylic acids is 2. The van der Waals surface area contributed by atoms with Crippen molar-refractivity contribution < 1.29 is 27.9 Å². The summed E-state index contributed by atoms with van der Waals surface area (Å²) in [5, 5.41) is 12.4. The van der Waals surface area contributed by atoms with Crippen LogP contribution in [0.1, 0.15) is 23.6 Å². The number of alkyl halides is 3. The van der Waals surface area contributed by atoms with E-state index >= 15 is 0 Å². The first-order valence-electron chi connectivity index (χ1n) is 7.93. The largest absolute Gasteiger partial charge is 0.416 e. The van der Waals surface area contributed by atoms with E-state index in [0.717, 1.165) is 17.0 Å². The molecule has 136 valence electrons. The van der Waals surface area contributed by atoms with Crippen LogP contribution >= 0.6 is 0 Å². The van der Waals surface area contributed by atoms with E-state index in [2.05, 4.69) is 5.32 Å². The van der Waals surface area contributed by atoms with Crippen molar-refractivity contribution in [1.29, 1.82) is 0 Å². The van der Waals surface area contributed by atoms with E-state index in [9.17, 15) is 27.9 Å². The quantitative estimate of drug-likeness (QED) is 0.857. The van der Waals surface area contributed by atoms with E-state index in [1.165, 1.54) is 6.07 Å². The molecule has 0 radical (unpaired) electrons. The zero-order valence-corrected chi connectivity index (χ0v) is 13.3. The van der Waals surface area contributed by atoms with Crippen LogP contribution in [-0.2, 0) is 11.0 Å². The van der Waals surface area contributed by atoms with Gasteiger partial charge in [-0.25, -0.2) is 4.79 Å². The number of rotatable bonds is 3. The van der Waals surface area contributed by atoms with Crippen LogP contribution in [0.5, 0.6) is 0 Å². The molecule has 2 fully saturated rings. The number of carbonyl (C=O) groups is 2. The summed E-state index contributed by atoms with van der Waals surface area (Å²) >= 11 is 0. The number of halogens is 3. The predicted octanol–water partition coefficient (Wildman–Crippen LogP) is 1.36. The highest BCUT2D eigenvalue weighted by atomic mass is 19.4. The van der Waals surface area contributed by atoms with Crippen LogP contribution in [0, 0.1) is 0 Å². The highest BCUT2D eigenvalue weighted by Gasteiger charge is 2.37. The van der Waals surface area contributed by atoms with Gasteiger partial charge in [0.25, 0.3) is 0 Å². The molecule has 0 bridgehead atoms. The van der Waals surface area contributed by atoms with Crippen molar-refractivity contribution in [3.05, 3.63) is 35.4 Å². The summed E-state index contributed by atoms with van der Waals surface area (Å²) in [6.45, 7) is 0.681. The molecule has 0 spiro atoms. The standard InChI is InChI=1S/C16H18F3N3O3/c17-16(18,19)11-3-1-2-10(6-11)13-7-12(23)8-21(13)9-14(24)22-5-4-20-15(22)25/h1-3,6,12-13,23H,4-5,7-9H2,(H,20,25)/t12-,13+/m0/s1. The van der Waals surface area contributed by atoms with E-state index in [-0.39, 0.29) is 26.1 Å². The molecule has 2 atom stereocenters. The normalized spacial score (nSPS) is 24.6. The Morgan fingerprint density at radius 2 is 2.12 bits per heavy atom. The smallest absolute Gasteiger partial charge is 0.392 e. The Morgan fingerprint density at radius 1 is 1.36 bits per heavy atom. The van der Waals surface area contributed by atoms with Gasteiger partial charge in [-0.2, -0.15) is 13.2 Å². The van der Waals surface area contributed by atoms with Gasteiger partial charge in [0.05, 0.1) is 18.2 Å². The van der Waals surface area contributed by atoms with Crippen LogP contribution in [0.4, 0.5) is 18.0 Å². The Labute approximate surface area is 142 Å². The van der Waals surface area contributed by atoms with E-state index in [4.69, 9.17) is 0 Å². The van der Waals surface area contributed by atoms with Crippen LogP contribution in [0.25, 0.3) is 0 Å². The van der Waals surface area contributed by atoms with Crippen molar-refractivity contribution in [3.8, 4) is 0 Å². The molecule has 2 saturated heterocycles. The molecule has 0 saturated carbocycles. The maximum Gasteiger partial charge on any atom is 0.416 e. The molecule has 1 aromatic carbocycles. The molecule has 25 heavy (non-hydrogen) atoms. The third kappa shape index (κ3) is 3.77. The number of aliphatic hydroxyl groups is 1. The third-order valence-electron chi connectivity index (χ3n) is 4.48. The summed E-state index contributed by atoms with van der Waals surface area (Å²) < 4.78 is 38.8. The van der Waals surface area contributed by atoms with E-state index in [1.807, 2.05) is 0 Å². The number of amides is 3. The van der Waals surface area contributed by atoms with Crippen molar-refractivity contribution in [1.82, 2.24) is 15.1 Å². The number of likely N-dealkylation sites (tertiary alicyclic amines) is 1. The zero-order chi connectivity index (χ0) is 18.2. The highest BCUT2D eigenvalue weighted by Crippen LogP contribution is 2.36. The van der Waals surface area contributed by atoms with E-state index < -0.39 is 35.8 Å². The Morgan fingerprint density at radius 3 is 2.76 bits per heavy atom. The predicted molar refractivity (Wildman–Crippen MR) is 81.5 cm³/mol. The Kier molecular flexibility index (Phi) is 4.70. The molecule has 2 aliphatic rings. The van der Waals surface area contributed by atoms with Crippen molar-refractivity contribution in [3.63, 3.8) is 0 Å². The molecule has 2 aliphatic heterocycles. The number of hydrogen-bond donors (Lipinski definition) is 2. The van der Waals surface area contributed by atoms with Gasteiger partial charge in [-0.15, -0.1) is 0 Å². The number of imide groups is 1. The number of aliphatic hydroxyl groups excluding tert-OH is 1. The Balaban J connectivity index is 1.78. The van der Waals surface area contributed by atoms with Crippen LogP contribution < -0.4 is 5.32 Å². The van der Waals surface area contributed by atoms with Crippen LogP contribution in [0.15, 0.2) is 24.3 Å². The number of nitrogens with one attached hydrogen (secondary N) is 1. The van der Waals surface area contributed by atoms with Gasteiger partial charge in [0.15, 0.2) is 0 Å². The lowest BCUT2D eigenvalue weighted by atomic mass is 10.0. The molecule has 0 aromatic heterocycles. The second-order valence-corrected chi connectivity index (χ2v) is 6.24. The number of urea groups is 1. The van der Waals surface area contributed by atoms with Crippen LogP contribution in [0.3, 0.4) is 0 Å². The van der Waals surface area contributed by atoms with E-state index in [1.54, 1.807) is 11.0 Å². The first-order chi connectivity index (χ1) is 11.8. The van der Waals surface area contributed by atoms with Crippen LogP contribution in [-0.4, -0.2) is 59.1 Å². The third-order valence-corrected chi connectivity index (χ3v) is 4.48. The van der Waals surface area contributed by atoms with Gasteiger partial charge in [-0.05, 0) is 24.1 Å². The van der Waals surface area contributed by atoms with Gasteiger partial charge >= 0.3 is 12.2 Å². The summed E-state index contributed by atoms with van der Waals surface area (Å²) in [7, 11) is 0. The second-order valence-electron chi connectivity index (χ2n) is 6.24. The van der Waals surface area contributed by atoms with Crippen molar-refractivity contribution in [2.45, 2.75) is 24.7 Å². The van der Waals surface area contributed by atoms with Gasteiger partial charge in [-0.3, -0.25) is 14.6 Å². The molecule has 0 unspecified atom stereocenters. The fraction of sp³-hybridized carbons (Fsp3) is 0.500. The van der Waals surface area contributed by atoms with Gasteiger partial charge in [0.1, 0.15) is 0 Å². The summed E-state index contributed by atoms with van der Waals surface area (Å²) in [4.78, 5) is 26.5. The molecule has 3 rings (SSSR count). The average molecular weight is 357 g/mol. The molecule has 2 N–H and O–H groups in total.